The molecule has 25 heavy (non-hydrogen) atoms. The van der Waals surface area contributed by atoms with E-state index >= 15 is 0 Å². The maximum absolute atomic E-state index is 11.7. The Morgan fingerprint density at radius 1 is 1.04 bits per heavy atom. The number of hydrogen-bond donors (Lipinski definition) is 1. The summed E-state index contributed by atoms with van der Waals surface area (Å²) in [6.07, 6.45) is -0.969. The van der Waals surface area contributed by atoms with Crippen LogP contribution in [0.4, 0.5) is 0 Å². The third-order valence-corrected chi connectivity index (χ3v) is 3.08. The lowest BCUT2D eigenvalue weighted by Crippen LogP contribution is -2.25. The first kappa shape index (κ1) is 25.5. The first-order chi connectivity index (χ1) is 11.9. The van der Waals surface area contributed by atoms with Crippen LogP contribution in [0.1, 0.15) is 45.0 Å². The molecule has 0 aliphatic heterocycles. The molecule has 0 amide bonds. The van der Waals surface area contributed by atoms with Crippen molar-refractivity contribution in [2.45, 2.75) is 47.0 Å². The Morgan fingerprint density at radius 2 is 1.48 bits per heavy atom. The number of aliphatic hydroxyl groups excluding tert-OH is 1. The van der Waals surface area contributed by atoms with Crippen LogP contribution < -0.4 is 4.74 Å². The van der Waals surface area contributed by atoms with E-state index in [2.05, 4.69) is 13.2 Å². The van der Waals surface area contributed by atoms with Gasteiger partial charge in [0.05, 0.1) is 7.11 Å². The predicted octanol–water partition coefficient (Wildman–Crippen LogP) is 4.10. The van der Waals surface area contributed by atoms with Crippen LogP contribution in [0.3, 0.4) is 0 Å². The number of carbonyl (C=O) groups is 1. The maximum Gasteiger partial charge on any atom is 0.191 e. The minimum atomic E-state index is -0.932. The molecule has 5 heteroatoms. The molecule has 1 rings (SSSR count). The molecule has 5 nitrogen and oxygen atoms in total. The van der Waals surface area contributed by atoms with Crippen LogP contribution in [-0.4, -0.2) is 43.6 Å². The van der Waals surface area contributed by atoms with E-state index in [1.165, 1.54) is 0 Å². The third kappa shape index (κ3) is 11.5. The number of Topliss-reactive ketones (excluding diaryl/α,β-unsaturated/α-hetero) is 1. The zero-order valence-electron chi connectivity index (χ0n) is 16.5. The minimum Gasteiger partial charge on any atom is -0.497 e. The van der Waals surface area contributed by atoms with Gasteiger partial charge in [0.2, 0.25) is 0 Å². The van der Waals surface area contributed by atoms with Crippen LogP contribution >= 0.6 is 0 Å². The van der Waals surface area contributed by atoms with Gasteiger partial charge in [0.15, 0.2) is 12.1 Å². The van der Waals surface area contributed by atoms with E-state index in [1.54, 1.807) is 31.4 Å². The van der Waals surface area contributed by atoms with Gasteiger partial charge in [-0.05, 0) is 51.0 Å². The summed E-state index contributed by atoms with van der Waals surface area (Å²) in [6.45, 7) is 16.9. The second-order valence-corrected chi connectivity index (χ2v) is 5.26. The molecule has 1 atom stereocenters. The predicted molar refractivity (Wildman–Crippen MR) is 102 cm³/mol. The lowest BCUT2D eigenvalue weighted by Gasteiger charge is -2.13. The highest BCUT2D eigenvalue weighted by Crippen LogP contribution is 2.15. The second kappa shape index (κ2) is 15.8. The standard InChI is InChI=1S/C12H16O3.C6H14O2.C2H4/c1-8(2)11(13)12(14)9-4-6-10(15-3)7-5-9;1-4-7-6(3)8-5-2;1-2/h4-8,11,13H,1-3H3;6H,4-5H2,1-3H3;1-2H2. The topological polar surface area (TPSA) is 65.0 Å². The van der Waals surface area contributed by atoms with Gasteiger partial charge >= 0.3 is 0 Å². The van der Waals surface area contributed by atoms with Gasteiger partial charge in [-0.2, -0.15) is 0 Å². The molecule has 0 heterocycles. The largest absolute Gasteiger partial charge is 0.497 e. The molecule has 0 fully saturated rings. The Balaban J connectivity index is 0. The Kier molecular flexibility index (Phi) is 16.2. The average molecular weight is 354 g/mol. The molecule has 144 valence electrons. The maximum atomic E-state index is 11.7. The lowest BCUT2D eigenvalue weighted by molar-refractivity contribution is -0.123. The average Bonchev–Trinajstić information content (AvgIpc) is 2.63. The number of hydrogen-bond acceptors (Lipinski definition) is 5. The summed E-state index contributed by atoms with van der Waals surface area (Å²) in [7, 11) is 1.57. The molecule has 1 N–H and O–H groups in total. The third-order valence-electron chi connectivity index (χ3n) is 3.08. The first-order valence-electron chi connectivity index (χ1n) is 8.46. The summed E-state index contributed by atoms with van der Waals surface area (Å²) in [4.78, 5) is 11.7. The summed E-state index contributed by atoms with van der Waals surface area (Å²) in [5, 5.41) is 9.59. The van der Waals surface area contributed by atoms with Gasteiger partial charge in [-0.3, -0.25) is 4.79 Å². The highest BCUT2D eigenvalue weighted by atomic mass is 16.7. The van der Waals surface area contributed by atoms with Gasteiger partial charge in [-0.15, -0.1) is 13.2 Å². The van der Waals surface area contributed by atoms with Gasteiger partial charge in [-0.25, -0.2) is 0 Å². The highest BCUT2D eigenvalue weighted by molar-refractivity contribution is 5.99. The van der Waals surface area contributed by atoms with Crippen molar-refractivity contribution in [2.75, 3.05) is 20.3 Å². The van der Waals surface area contributed by atoms with Crippen molar-refractivity contribution < 1.29 is 24.1 Å². The van der Waals surface area contributed by atoms with Gasteiger partial charge < -0.3 is 19.3 Å². The van der Waals surface area contributed by atoms with Crippen LogP contribution in [-0.2, 0) is 9.47 Å². The second-order valence-electron chi connectivity index (χ2n) is 5.26. The van der Waals surface area contributed by atoms with Crippen molar-refractivity contribution in [3.05, 3.63) is 43.0 Å². The molecule has 0 aromatic heterocycles. The zero-order chi connectivity index (χ0) is 19.8. The first-order valence-corrected chi connectivity index (χ1v) is 8.46. The lowest BCUT2D eigenvalue weighted by atomic mass is 9.98. The monoisotopic (exact) mass is 354 g/mol. The van der Waals surface area contributed by atoms with E-state index in [0.717, 1.165) is 13.2 Å². The van der Waals surface area contributed by atoms with Crippen molar-refractivity contribution >= 4 is 5.78 Å². The van der Waals surface area contributed by atoms with Crippen LogP contribution in [0.2, 0.25) is 0 Å². The molecule has 0 radical (unpaired) electrons. The molecule has 0 saturated carbocycles. The molecule has 1 aromatic rings. The molecular formula is C20H34O5. The summed E-state index contributed by atoms with van der Waals surface area (Å²) in [6, 6.07) is 6.74. The van der Waals surface area contributed by atoms with E-state index in [9.17, 15) is 9.90 Å². The number of ketones is 1. The number of carbonyl (C=O) groups excluding carboxylic acids is 1. The summed E-state index contributed by atoms with van der Waals surface area (Å²) in [5.74, 6) is 0.387. The van der Waals surface area contributed by atoms with E-state index in [1.807, 2.05) is 34.6 Å². The fraction of sp³-hybridized carbons (Fsp3) is 0.550. The van der Waals surface area contributed by atoms with Crippen molar-refractivity contribution in [3.8, 4) is 5.75 Å². The quantitative estimate of drug-likeness (QED) is 0.432. The molecule has 0 bridgehead atoms. The number of benzene rings is 1. The molecule has 1 unspecified atom stereocenters. The summed E-state index contributed by atoms with van der Waals surface area (Å²) < 4.78 is 15.1. The van der Waals surface area contributed by atoms with Crippen molar-refractivity contribution in [3.63, 3.8) is 0 Å². The van der Waals surface area contributed by atoms with Gasteiger partial charge in [0, 0.05) is 18.8 Å². The van der Waals surface area contributed by atoms with Gasteiger partial charge in [-0.1, -0.05) is 13.8 Å². The van der Waals surface area contributed by atoms with E-state index in [4.69, 9.17) is 14.2 Å². The molecule has 1 aromatic carbocycles. The molecule has 0 aliphatic rings. The van der Waals surface area contributed by atoms with E-state index in [-0.39, 0.29) is 18.0 Å². The zero-order valence-corrected chi connectivity index (χ0v) is 16.5. The summed E-state index contributed by atoms with van der Waals surface area (Å²) >= 11 is 0. The van der Waals surface area contributed by atoms with Crippen LogP contribution in [0.5, 0.6) is 5.75 Å². The van der Waals surface area contributed by atoms with Crippen molar-refractivity contribution in [1.29, 1.82) is 0 Å². The Hall–Kier alpha value is -1.69. The number of ether oxygens (including phenoxy) is 3. The summed E-state index contributed by atoms with van der Waals surface area (Å²) in [5.41, 5.74) is 0.511. The van der Waals surface area contributed by atoms with Gasteiger partial charge in [0.25, 0.3) is 0 Å². The number of aliphatic hydroxyl groups is 1. The van der Waals surface area contributed by atoms with Crippen molar-refractivity contribution in [1.82, 2.24) is 0 Å². The van der Waals surface area contributed by atoms with Crippen molar-refractivity contribution in [2.24, 2.45) is 5.92 Å². The van der Waals surface area contributed by atoms with E-state index < -0.39 is 6.10 Å². The minimum absolute atomic E-state index is 0.0370. The fourth-order valence-corrected chi connectivity index (χ4v) is 1.75. The Bertz CT molecular complexity index is 436. The van der Waals surface area contributed by atoms with Crippen LogP contribution in [0.15, 0.2) is 37.4 Å². The van der Waals surface area contributed by atoms with Crippen LogP contribution in [0.25, 0.3) is 0 Å². The Labute approximate surface area is 152 Å². The smallest absolute Gasteiger partial charge is 0.191 e. The number of rotatable bonds is 8. The normalized spacial score (nSPS) is 11.1. The molecule has 0 aliphatic carbocycles. The van der Waals surface area contributed by atoms with E-state index in [0.29, 0.717) is 11.3 Å². The van der Waals surface area contributed by atoms with Crippen LogP contribution in [0, 0.1) is 5.92 Å². The molecular weight excluding hydrogens is 320 g/mol. The molecule has 0 spiro atoms. The SMILES string of the molecule is C=C.CCOC(C)OCC.COc1ccc(C(=O)C(O)C(C)C)cc1. The Morgan fingerprint density at radius 3 is 1.80 bits per heavy atom. The molecule has 0 saturated heterocycles. The fourth-order valence-electron chi connectivity index (χ4n) is 1.75. The van der Waals surface area contributed by atoms with Gasteiger partial charge in [0.1, 0.15) is 11.9 Å². The highest BCUT2D eigenvalue weighted by Gasteiger charge is 2.20. The number of methoxy groups -OCH3 is 1.